The van der Waals surface area contributed by atoms with Gasteiger partial charge in [0.15, 0.2) is 0 Å². The first-order chi connectivity index (χ1) is 12.7. The molecule has 8 heteroatoms. The van der Waals surface area contributed by atoms with E-state index in [1.807, 2.05) is 49.9 Å². The first-order valence-corrected chi connectivity index (χ1v) is 9.97. The van der Waals surface area contributed by atoms with Crippen LogP contribution in [0.3, 0.4) is 0 Å². The lowest BCUT2D eigenvalue weighted by molar-refractivity contribution is -0.139. The number of hydrogen-bond acceptors (Lipinski definition) is 4. The van der Waals surface area contributed by atoms with Crippen molar-refractivity contribution in [2.24, 2.45) is 0 Å². The summed E-state index contributed by atoms with van der Waals surface area (Å²) in [5.41, 5.74) is 2.56. The zero-order valence-corrected chi connectivity index (χ0v) is 17.8. The molecule has 0 bridgehead atoms. The summed E-state index contributed by atoms with van der Waals surface area (Å²) in [5, 5.41) is 3.41. The van der Waals surface area contributed by atoms with E-state index in [4.69, 9.17) is 0 Å². The highest BCUT2D eigenvalue weighted by Crippen LogP contribution is 2.27. The van der Waals surface area contributed by atoms with Gasteiger partial charge in [-0.25, -0.2) is 4.79 Å². The standard InChI is InChI=1S/C19H27BrN4O3/c1-5-11-23(13(3)14-9-7-8-10-15(14)20)12-16(25)22-24-17(26)19(4,6-2)21-18(24)27/h7-10,13H,5-6,11-12H2,1-4H3,(H,21,27)(H,22,25). The third-order valence-electron chi connectivity index (χ3n) is 4.97. The molecule has 2 rings (SSSR count). The minimum atomic E-state index is -0.977. The molecule has 0 saturated carbocycles. The Labute approximate surface area is 168 Å². The molecule has 2 unspecified atom stereocenters. The van der Waals surface area contributed by atoms with Gasteiger partial charge < -0.3 is 5.32 Å². The predicted molar refractivity (Wildman–Crippen MR) is 107 cm³/mol. The molecule has 1 heterocycles. The van der Waals surface area contributed by atoms with Crippen LogP contribution >= 0.6 is 15.9 Å². The number of nitrogens with one attached hydrogen (secondary N) is 2. The average Bonchev–Trinajstić information content (AvgIpc) is 2.85. The summed E-state index contributed by atoms with van der Waals surface area (Å²) in [6.07, 6.45) is 1.32. The smallest absolute Gasteiger partial charge is 0.322 e. The Balaban J connectivity index is 2.08. The number of hydrogen-bond donors (Lipinski definition) is 2. The van der Waals surface area contributed by atoms with Crippen LogP contribution in [0.2, 0.25) is 0 Å². The highest BCUT2D eigenvalue weighted by atomic mass is 79.9. The third kappa shape index (κ3) is 4.68. The van der Waals surface area contributed by atoms with Gasteiger partial charge in [-0.1, -0.05) is 48.0 Å². The Morgan fingerprint density at radius 3 is 2.56 bits per heavy atom. The molecule has 1 aromatic carbocycles. The summed E-state index contributed by atoms with van der Waals surface area (Å²) in [7, 11) is 0. The van der Waals surface area contributed by atoms with Crippen LogP contribution in [0.5, 0.6) is 0 Å². The SMILES string of the molecule is CCCN(CC(=O)NN1C(=O)NC(C)(CC)C1=O)C(C)c1ccccc1Br. The van der Waals surface area contributed by atoms with Crippen molar-refractivity contribution in [2.45, 2.75) is 52.1 Å². The molecule has 1 aromatic rings. The number of amides is 4. The van der Waals surface area contributed by atoms with Crippen LogP contribution in [0.4, 0.5) is 4.79 Å². The van der Waals surface area contributed by atoms with Crippen molar-refractivity contribution in [3.05, 3.63) is 34.3 Å². The largest absolute Gasteiger partial charge is 0.344 e. The fourth-order valence-corrected chi connectivity index (χ4v) is 3.69. The van der Waals surface area contributed by atoms with E-state index in [0.717, 1.165) is 21.5 Å². The summed E-state index contributed by atoms with van der Waals surface area (Å²) >= 11 is 3.56. The van der Waals surface area contributed by atoms with Gasteiger partial charge in [-0.05, 0) is 44.9 Å². The van der Waals surface area contributed by atoms with Crippen molar-refractivity contribution in [3.63, 3.8) is 0 Å². The van der Waals surface area contributed by atoms with Crippen LogP contribution in [-0.2, 0) is 9.59 Å². The van der Waals surface area contributed by atoms with Crippen LogP contribution in [0.1, 0.15) is 52.1 Å². The zero-order valence-electron chi connectivity index (χ0n) is 16.2. The Morgan fingerprint density at radius 1 is 1.33 bits per heavy atom. The second-order valence-corrected chi connectivity index (χ2v) is 7.81. The predicted octanol–water partition coefficient (Wildman–Crippen LogP) is 2.97. The average molecular weight is 439 g/mol. The molecule has 1 aliphatic heterocycles. The molecule has 148 valence electrons. The van der Waals surface area contributed by atoms with Crippen molar-refractivity contribution < 1.29 is 14.4 Å². The number of imide groups is 1. The van der Waals surface area contributed by atoms with Gasteiger partial charge in [0.1, 0.15) is 5.54 Å². The summed E-state index contributed by atoms with van der Waals surface area (Å²) in [6, 6.07) is 7.28. The van der Waals surface area contributed by atoms with E-state index in [2.05, 4.69) is 26.7 Å². The summed E-state index contributed by atoms with van der Waals surface area (Å²) < 4.78 is 0.979. The van der Waals surface area contributed by atoms with Crippen molar-refractivity contribution in [2.75, 3.05) is 13.1 Å². The molecule has 2 atom stereocenters. The molecule has 7 nitrogen and oxygen atoms in total. The Kier molecular flexibility index (Phi) is 7.00. The highest BCUT2D eigenvalue weighted by Gasteiger charge is 2.47. The van der Waals surface area contributed by atoms with Crippen LogP contribution in [-0.4, -0.2) is 46.4 Å². The molecule has 2 N–H and O–H groups in total. The number of carbonyl (C=O) groups excluding carboxylic acids is 3. The Bertz CT molecular complexity index is 727. The lowest BCUT2D eigenvalue weighted by atomic mass is 10.00. The van der Waals surface area contributed by atoms with Crippen molar-refractivity contribution in [1.82, 2.24) is 20.7 Å². The normalized spacial score (nSPS) is 20.7. The maximum atomic E-state index is 12.6. The van der Waals surface area contributed by atoms with E-state index in [-0.39, 0.29) is 12.6 Å². The minimum Gasteiger partial charge on any atom is -0.322 e. The lowest BCUT2D eigenvalue weighted by Gasteiger charge is -2.29. The van der Waals surface area contributed by atoms with Gasteiger partial charge in [-0.15, -0.1) is 0 Å². The fourth-order valence-electron chi connectivity index (χ4n) is 3.08. The molecule has 4 amide bonds. The molecule has 1 saturated heterocycles. The molecule has 1 aliphatic rings. The van der Waals surface area contributed by atoms with E-state index in [9.17, 15) is 14.4 Å². The van der Waals surface area contributed by atoms with Gasteiger partial charge in [0.25, 0.3) is 11.8 Å². The van der Waals surface area contributed by atoms with Crippen LogP contribution in [0.25, 0.3) is 0 Å². The summed E-state index contributed by atoms with van der Waals surface area (Å²) in [5.74, 6) is -0.838. The van der Waals surface area contributed by atoms with Gasteiger partial charge in [0, 0.05) is 10.5 Å². The molecule has 0 radical (unpaired) electrons. The van der Waals surface area contributed by atoms with Gasteiger partial charge in [-0.2, -0.15) is 5.01 Å². The maximum Gasteiger partial charge on any atom is 0.344 e. The Hall–Kier alpha value is -1.93. The molecule has 27 heavy (non-hydrogen) atoms. The highest BCUT2D eigenvalue weighted by molar-refractivity contribution is 9.10. The zero-order chi connectivity index (χ0) is 20.2. The quantitative estimate of drug-likeness (QED) is 0.611. The van der Waals surface area contributed by atoms with Crippen LogP contribution in [0, 0.1) is 0 Å². The van der Waals surface area contributed by atoms with E-state index >= 15 is 0 Å². The van der Waals surface area contributed by atoms with Crippen molar-refractivity contribution in [1.29, 1.82) is 0 Å². The second kappa shape index (κ2) is 8.84. The summed E-state index contributed by atoms with van der Waals surface area (Å²) in [6.45, 7) is 8.33. The van der Waals surface area contributed by atoms with Crippen LogP contribution < -0.4 is 10.7 Å². The second-order valence-electron chi connectivity index (χ2n) is 6.96. The van der Waals surface area contributed by atoms with Gasteiger partial charge in [0.05, 0.1) is 6.54 Å². The molecule has 0 aromatic heterocycles. The van der Waals surface area contributed by atoms with Gasteiger partial charge in [-0.3, -0.25) is 19.9 Å². The molecular weight excluding hydrogens is 412 g/mol. The summed E-state index contributed by atoms with van der Waals surface area (Å²) in [4.78, 5) is 39.1. The number of carbonyl (C=O) groups is 3. The minimum absolute atomic E-state index is 0.00436. The molecule has 1 fully saturated rings. The van der Waals surface area contributed by atoms with E-state index in [1.54, 1.807) is 6.92 Å². The third-order valence-corrected chi connectivity index (χ3v) is 5.69. The lowest BCUT2D eigenvalue weighted by Crippen LogP contribution is -2.51. The van der Waals surface area contributed by atoms with E-state index in [0.29, 0.717) is 13.0 Å². The number of nitrogens with zero attached hydrogens (tertiary/aromatic N) is 2. The van der Waals surface area contributed by atoms with E-state index in [1.165, 1.54) is 0 Å². The monoisotopic (exact) mass is 438 g/mol. The number of benzene rings is 1. The fraction of sp³-hybridized carbons (Fsp3) is 0.526. The molecular formula is C19H27BrN4O3. The number of rotatable bonds is 8. The molecule has 0 aliphatic carbocycles. The molecule has 0 spiro atoms. The van der Waals surface area contributed by atoms with Gasteiger partial charge >= 0.3 is 6.03 Å². The maximum absolute atomic E-state index is 12.6. The number of urea groups is 1. The topological polar surface area (TPSA) is 81.8 Å². The number of halogens is 1. The Morgan fingerprint density at radius 2 is 2.00 bits per heavy atom. The van der Waals surface area contributed by atoms with E-state index < -0.39 is 23.4 Å². The van der Waals surface area contributed by atoms with Crippen molar-refractivity contribution >= 4 is 33.8 Å². The van der Waals surface area contributed by atoms with Crippen LogP contribution in [0.15, 0.2) is 28.7 Å². The van der Waals surface area contributed by atoms with Crippen molar-refractivity contribution in [3.8, 4) is 0 Å². The number of hydrazine groups is 1. The first-order valence-electron chi connectivity index (χ1n) is 9.18. The first kappa shape index (κ1) is 21.4. The van der Waals surface area contributed by atoms with Gasteiger partial charge in [0.2, 0.25) is 0 Å².